The van der Waals surface area contributed by atoms with Gasteiger partial charge in [-0.25, -0.2) is 0 Å². The number of carbonyl (C=O) groups is 1. The second-order valence-corrected chi connectivity index (χ2v) is 4.36. The Labute approximate surface area is 104 Å². The first-order valence-electron chi connectivity index (χ1n) is 6.38. The zero-order valence-corrected chi connectivity index (χ0v) is 10.9. The summed E-state index contributed by atoms with van der Waals surface area (Å²) in [5, 5.41) is 3.10. The Bertz CT molecular complexity index is 334. The Morgan fingerprint density at radius 2 is 1.94 bits per heavy atom. The normalized spacial score (nSPS) is 14.1. The minimum absolute atomic E-state index is 0.0220. The molecule has 0 spiro atoms. The number of nitrogens with one attached hydrogen (secondary N) is 1. The van der Waals surface area contributed by atoms with E-state index in [4.69, 9.17) is 0 Å². The van der Waals surface area contributed by atoms with Gasteiger partial charge in [-0.05, 0) is 30.9 Å². The highest BCUT2D eigenvalue weighted by Crippen LogP contribution is 2.13. The van der Waals surface area contributed by atoms with Gasteiger partial charge in [-0.15, -0.1) is 0 Å². The van der Waals surface area contributed by atoms with Crippen molar-refractivity contribution in [3.8, 4) is 0 Å². The predicted octanol–water partition coefficient (Wildman–Crippen LogP) is 3.45. The van der Waals surface area contributed by atoms with Gasteiger partial charge in [0.25, 0.3) is 5.91 Å². The van der Waals surface area contributed by atoms with Gasteiger partial charge in [-0.1, -0.05) is 45.4 Å². The van der Waals surface area contributed by atoms with E-state index in [2.05, 4.69) is 32.5 Å². The maximum absolute atomic E-state index is 12.0. The third-order valence-corrected chi connectivity index (χ3v) is 3.03. The molecule has 2 heteroatoms. The van der Waals surface area contributed by atoms with Crippen LogP contribution in [0.1, 0.15) is 44.0 Å². The molecule has 1 aromatic rings. The van der Waals surface area contributed by atoms with Crippen molar-refractivity contribution >= 4 is 5.91 Å². The van der Waals surface area contributed by atoms with Crippen molar-refractivity contribution < 1.29 is 4.79 Å². The topological polar surface area (TPSA) is 29.1 Å². The SMILES string of the molecule is CC[CH]C(C)C(CC)NC(=O)c1ccccc1. The van der Waals surface area contributed by atoms with Crippen molar-refractivity contribution in [2.75, 3.05) is 0 Å². The molecule has 0 saturated heterocycles. The molecule has 0 aliphatic rings. The molecule has 0 aliphatic heterocycles. The van der Waals surface area contributed by atoms with Gasteiger partial charge in [0, 0.05) is 11.6 Å². The van der Waals surface area contributed by atoms with Crippen LogP contribution in [0, 0.1) is 12.3 Å². The number of rotatable bonds is 6. The third kappa shape index (κ3) is 4.22. The zero-order chi connectivity index (χ0) is 12.7. The van der Waals surface area contributed by atoms with Crippen molar-refractivity contribution in [2.24, 2.45) is 5.92 Å². The number of amides is 1. The molecule has 0 fully saturated rings. The predicted molar refractivity (Wildman–Crippen MR) is 71.7 cm³/mol. The van der Waals surface area contributed by atoms with Crippen LogP contribution in [-0.4, -0.2) is 11.9 Å². The molecular weight excluding hydrogens is 210 g/mol. The van der Waals surface area contributed by atoms with Crippen molar-refractivity contribution in [3.05, 3.63) is 42.3 Å². The van der Waals surface area contributed by atoms with Gasteiger partial charge in [0.2, 0.25) is 0 Å². The summed E-state index contributed by atoms with van der Waals surface area (Å²) in [6, 6.07) is 9.60. The average Bonchev–Trinajstić information content (AvgIpc) is 2.37. The minimum atomic E-state index is 0.0220. The highest BCUT2D eigenvalue weighted by Gasteiger charge is 2.17. The van der Waals surface area contributed by atoms with Crippen LogP contribution in [0.5, 0.6) is 0 Å². The van der Waals surface area contributed by atoms with E-state index in [1.807, 2.05) is 30.3 Å². The summed E-state index contributed by atoms with van der Waals surface area (Å²) in [5.41, 5.74) is 0.731. The van der Waals surface area contributed by atoms with Crippen LogP contribution in [-0.2, 0) is 0 Å². The van der Waals surface area contributed by atoms with E-state index >= 15 is 0 Å². The monoisotopic (exact) mass is 232 g/mol. The molecule has 1 aromatic carbocycles. The van der Waals surface area contributed by atoms with Gasteiger partial charge in [-0.3, -0.25) is 4.79 Å². The highest BCUT2D eigenvalue weighted by molar-refractivity contribution is 5.94. The minimum Gasteiger partial charge on any atom is -0.349 e. The van der Waals surface area contributed by atoms with E-state index < -0.39 is 0 Å². The van der Waals surface area contributed by atoms with Gasteiger partial charge in [-0.2, -0.15) is 0 Å². The van der Waals surface area contributed by atoms with Crippen LogP contribution < -0.4 is 5.32 Å². The van der Waals surface area contributed by atoms with E-state index in [1.165, 1.54) is 0 Å². The number of carbonyl (C=O) groups excluding carboxylic acids is 1. The lowest BCUT2D eigenvalue weighted by Crippen LogP contribution is -2.39. The average molecular weight is 232 g/mol. The van der Waals surface area contributed by atoms with Crippen LogP contribution >= 0.6 is 0 Å². The molecule has 17 heavy (non-hydrogen) atoms. The molecular formula is C15H22NO. The van der Waals surface area contributed by atoms with Crippen LogP contribution in [0.3, 0.4) is 0 Å². The van der Waals surface area contributed by atoms with Gasteiger partial charge in [0.05, 0.1) is 0 Å². The molecule has 0 aliphatic carbocycles. The van der Waals surface area contributed by atoms with Crippen molar-refractivity contribution in [2.45, 2.75) is 39.7 Å². The second-order valence-electron chi connectivity index (χ2n) is 4.36. The van der Waals surface area contributed by atoms with E-state index in [1.54, 1.807) is 0 Å². The molecule has 1 amide bonds. The Hall–Kier alpha value is -1.31. The number of hydrogen-bond acceptors (Lipinski definition) is 1. The third-order valence-electron chi connectivity index (χ3n) is 3.03. The summed E-state index contributed by atoms with van der Waals surface area (Å²) < 4.78 is 0. The van der Waals surface area contributed by atoms with Gasteiger partial charge in [0.15, 0.2) is 0 Å². The van der Waals surface area contributed by atoms with Gasteiger partial charge < -0.3 is 5.32 Å². The first-order chi connectivity index (χ1) is 8.19. The van der Waals surface area contributed by atoms with E-state index in [9.17, 15) is 4.79 Å². The lowest BCUT2D eigenvalue weighted by atomic mass is 9.94. The number of hydrogen-bond donors (Lipinski definition) is 1. The Morgan fingerprint density at radius 1 is 1.29 bits per heavy atom. The molecule has 1 radical (unpaired) electrons. The van der Waals surface area contributed by atoms with E-state index in [0.717, 1.165) is 18.4 Å². The van der Waals surface area contributed by atoms with Crippen molar-refractivity contribution in [1.29, 1.82) is 0 Å². The fraction of sp³-hybridized carbons (Fsp3) is 0.467. The van der Waals surface area contributed by atoms with Gasteiger partial charge >= 0.3 is 0 Å². The lowest BCUT2D eigenvalue weighted by Gasteiger charge is -2.23. The summed E-state index contributed by atoms with van der Waals surface area (Å²) in [6.45, 7) is 6.39. The highest BCUT2D eigenvalue weighted by atomic mass is 16.1. The standard InChI is InChI=1S/C15H22NO/c1-4-9-12(3)14(5-2)16-15(17)13-10-7-6-8-11-13/h6-12,14H,4-5H2,1-3H3,(H,16,17). The molecule has 0 saturated carbocycles. The van der Waals surface area contributed by atoms with Crippen LogP contribution in [0.2, 0.25) is 0 Å². The summed E-state index contributed by atoms with van der Waals surface area (Å²) >= 11 is 0. The molecule has 0 aromatic heterocycles. The summed E-state index contributed by atoms with van der Waals surface area (Å²) in [5.74, 6) is 0.437. The first-order valence-corrected chi connectivity index (χ1v) is 6.38. The Morgan fingerprint density at radius 3 is 2.47 bits per heavy atom. The van der Waals surface area contributed by atoms with Crippen molar-refractivity contribution in [3.63, 3.8) is 0 Å². The number of benzene rings is 1. The van der Waals surface area contributed by atoms with E-state index in [-0.39, 0.29) is 11.9 Å². The van der Waals surface area contributed by atoms with Gasteiger partial charge in [0.1, 0.15) is 0 Å². The summed E-state index contributed by atoms with van der Waals surface area (Å²) in [4.78, 5) is 12.0. The first kappa shape index (κ1) is 13.8. The molecule has 93 valence electrons. The Balaban J connectivity index is 2.60. The fourth-order valence-corrected chi connectivity index (χ4v) is 1.98. The Kier molecular flexibility index (Phi) is 5.75. The smallest absolute Gasteiger partial charge is 0.251 e. The summed E-state index contributed by atoms with van der Waals surface area (Å²) in [7, 11) is 0. The summed E-state index contributed by atoms with van der Waals surface area (Å²) in [6.07, 6.45) is 4.24. The van der Waals surface area contributed by atoms with Crippen LogP contribution in [0.25, 0.3) is 0 Å². The molecule has 2 nitrogen and oxygen atoms in total. The van der Waals surface area contributed by atoms with E-state index in [0.29, 0.717) is 5.92 Å². The van der Waals surface area contributed by atoms with Crippen LogP contribution in [0.4, 0.5) is 0 Å². The fourth-order valence-electron chi connectivity index (χ4n) is 1.98. The van der Waals surface area contributed by atoms with Crippen LogP contribution in [0.15, 0.2) is 30.3 Å². The molecule has 1 rings (SSSR count). The molecule has 2 unspecified atom stereocenters. The molecule has 2 atom stereocenters. The second kappa shape index (κ2) is 7.10. The molecule has 1 N–H and O–H groups in total. The quantitative estimate of drug-likeness (QED) is 0.799. The zero-order valence-electron chi connectivity index (χ0n) is 10.9. The lowest BCUT2D eigenvalue weighted by molar-refractivity contribution is 0.0926. The molecule has 0 heterocycles. The molecule has 0 bridgehead atoms. The largest absolute Gasteiger partial charge is 0.349 e. The maximum atomic E-state index is 12.0. The maximum Gasteiger partial charge on any atom is 0.251 e. The van der Waals surface area contributed by atoms with Crippen molar-refractivity contribution in [1.82, 2.24) is 5.32 Å².